The van der Waals surface area contributed by atoms with E-state index in [-0.39, 0.29) is 5.75 Å². The molecule has 2 N–H and O–H groups in total. The van der Waals surface area contributed by atoms with E-state index in [1.165, 1.54) is 24.5 Å². The third-order valence-electron chi connectivity index (χ3n) is 2.20. The lowest BCUT2D eigenvalue weighted by atomic mass is 10.1. The summed E-state index contributed by atoms with van der Waals surface area (Å²) in [6.07, 6.45) is -1.42. The van der Waals surface area contributed by atoms with E-state index in [0.717, 1.165) is 0 Å². The Morgan fingerprint density at radius 3 is 2.65 bits per heavy atom. The van der Waals surface area contributed by atoms with Crippen molar-refractivity contribution in [3.05, 3.63) is 30.6 Å². The first-order chi connectivity index (χ1) is 7.97. The number of fused-ring (bicyclic) bond motifs is 1. The van der Waals surface area contributed by atoms with E-state index in [4.69, 9.17) is 10.5 Å². The molecule has 0 saturated carbocycles. The lowest BCUT2D eigenvalue weighted by Crippen LogP contribution is -2.19. The molecule has 0 fully saturated rings. The van der Waals surface area contributed by atoms with Gasteiger partial charge in [-0.05, 0) is 18.2 Å². The van der Waals surface area contributed by atoms with E-state index in [2.05, 4.69) is 4.98 Å². The third kappa shape index (κ3) is 2.58. The molecule has 2 rings (SSSR count). The van der Waals surface area contributed by atoms with Gasteiger partial charge in [-0.2, -0.15) is 13.2 Å². The SMILES string of the molecule is Nc1ccc(OCC(F)(F)F)c2cnccc12. The van der Waals surface area contributed by atoms with Crippen LogP contribution in [0.15, 0.2) is 30.6 Å². The van der Waals surface area contributed by atoms with Gasteiger partial charge in [0.25, 0.3) is 0 Å². The predicted octanol–water partition coefficient (Wildman–Crippen LogP) is 2.76. The summed E-state index contributed by atoms with van der Waals surface area (Å²) in [6.45, 7) is -1.33. The number of aromatic nitrogens is 1. The molecule has 3 nitrogen and oxygen atoms in total. The largest absolute Gasteiger partial charge is 0.483 e. The van der Waals surface area contributed by atoms with Crippen molar-refractivity contribution in [3.8, 4) is 5.75 Å². The molecule has 0 saturated heterocycles. The summed E-state index contributed by atoms with van der Waals surface area (Å²) in [5, 5.41) is 1.09. The van der Waals surface area contributed by atoms with Crippen LogP contribution < -0.4 is 10.5 Å². The fourth-order valence-electron chi connectivity index (χ4n) is 1.47. The molecule has 0 bridgehead atoms. The first-order valence-corrected chi connectivity index (χ1v) is 4.79. The first kappa shape index (κ1) is 11.5. The quantitative estimate of drug-likeness (QED) is 0.824. The number of rotatable bonds is 2. The number of ether oxygens (including phenoxy) is 1. The summed E-state index contributed by atoms with van der Waals surface area (Å²) in [6, 6.07) is 4.55. The molecule has 0 unspecified atom stereocenters. The van der Waals surface area contributed by atoms with Crippen molar-refractivity contribution in [1.82, 2.24) is 4.98 Å². The van der Waals surface area contributed by atoms with Crippen molar-refractivity contribution < 1.29 is 17.9 Å². The smallest absolute Gasteiger partial charge is 0.422 e. The van der Waals surface area contributed by atoms with Crippen molar-refractivity contribution in [2.45, 2.75) is 6.18 Å². The lowest BCUT2D eigenvalue weighted by molar-refractivity contribution is -0.153. The molecule has 0 radical (unpaired) electrons. The van der Waals surface area contributed by atoms with Crippen LogP contribution in [0.2, 0.25) is 0 Å². The molecule has 1 aromatic carbocycles. The van der Waals surface area contributed by atoms with Gasteiger partial charge in [-0.3, -0.25) is 4.98 Å². The van der Waals surface area contributed by atoms with Crippen LogP contribution in [-0.4, -0.2) is 17.8 Å². The molecule has 6 heteroatoms. The van der Waals surface area contributed by atoms with Gasteiger partial charge in [-0.1, -0.05) is 0 Å². The molecule has 0 aliphatic rings. The Hall–Kier alpha value is -1.98. The van der Waals surface area contributed by atoms with Gasteiger partial charge in [0, 0.05) is 28.9 Å². The average molecular weight is 242 g/mol. The highest BCUT2D eigenvalue weighted by molar-refractivity contribution is 5.96. The van der Waals surface area contributed by atoms with Crippen LogP contribution in [0, 0.1) is 0 Å². The number of pyridine rings is 1. The first-order valence-electron chi connectivity index (χ1n) is 4.79. The normalized spacial score (nSPS) is 11.7. The number of nitrogens with two attached hydrogens (primary N) is 1. The molecular formula is C11H9F3N2O. The zero-order chi connectivity index (χ0) is 12.5. The Morgan fingerprint density at radius 1 is 1.18 bits per heavy atom. The topological polar surface area (TPSA) is 48.1 Å². The van der Waals surface area contributed by atoms with Gasteiger partial charge in [0.2, 0.25) is 0 Å². The minimum atomic E-state index is -4.37. The minimum absolute atomic E-state index is 0.125. The highest BCUT2D eigenvalue weighted by Gasteiger charge is 2.28. The molecule has 0 atom stereocenters. The molecule has 0 amide bonds. The summed E-state index contributed by atoms with van der Waals surface area (Å²) >= 11 is 0. The fourth-order valence-corrected chi connectivity index (χ4v) is 1.47. The Bertz CT molecular complexity index is 540. The number of alkyl halides is 3. The molecule has 0 spiro atoms. The van der Waals surface area contributed by atoms with Crippen LogP contribution in [0.5, 0.6) is 5.75 Å². The standard InChI is InChI=1S/C11H9F3N2O/c12-11(13,14)6-17-10-2-1-9(15)7-3-4-16-5-8(7)10/h1-5H,6,15H2. The predicted molar refractivity (Wildman–Crippen MR) is 57.7 cm³/mol. The van der Waals surface area contributed by atoms with Gasteiger partial charge < -0.3 is 10.5 Å². The second kappa shape index (κ2) is 4.12. The third-order valence-corrected chi connectivity index (χ3v) is 2.20. The number of anilines is 1. The van der Waals surface area contributed by atoms with Crippen molar-refractivity contribution in [2.24, 2.45) is 0 Å². The summed E-state index contributed by atoms with van der Waals surface area (Å²) in [5.74, 6) is 0.125. The number of nitrogens with zero attached hydrogens (tertiary/aromatic N) is 1. The maximum Gasteiger partial charge on any atom is 0.422 e. The van der Waals surface area contributed by atoms with E-state index < -0.39 is 12.8 Å². The van der Waals surface area contributed by atoms with Gasteiger partial charge in [-0.15, -0.1) is 0 Å². The molecule has 0 aliphatic carbocycles. The molecule has 17 heavy (non-hydrogen) atoms. The van der Waals surface area contributed by atoms with Crippen LogP contribution in [0.3, 0.4) is 0 Å². The Morgan fingerprint density at radius 2 is 1.94 bits per heavy atom. The van der Waals surface area contributed by atoms with Crippen LogP contribution in [0.1, 0.15) is 0 Å². The van der Waals surface area contributed by atoms with Crippen molar-refractivity contribution >= 4 is 16.5 Å². The van der Waals surface area contributed by atoms with Gasteiger partial charge in [-0.25, -0.2) is 0 Å². The highest BCUT2D eigenvalue weighted by atomic mass is 19.4. The minimum Gasteiger partial charge on any atom is -0.483 e. The molecule has 1 aromatic heterocycles. The van der Waals surface area contributed by atoms with Crippen LogP contribution in [-0.2, 0) is 0 Å². The molecular weight excluding hydrogens is 233 g/mol. The number of hydrogen-bond donors (Lipinski definition) is 1. The maximum absolute atomic E-state index is 12.1. The summed E-state index contributed by atoms with van der Waals surface area (Å²) in [7, 11) is 0. The summed E-state index contributed by atoms with van der Waals surface area (Å²) in [5.41, 5.74) is 6.18. The van der Waals surface area contributed by atoms with Crippen molar-refractivity contribution in [1.29, 1.82) is 0 Å². The number of nitrogen functional groups attached to an aromatic ring is 1. The number of benzene rings is 1. The average Bonchev–Trinajstić information content (AvgIpc) is 2.27. The molecule has 0 aliphatic heterocycles. The Labute approximate surface area is 95.0 Å². The second-order valence-corrected chi connectivity index (χ2v) is 3.48. The molecule has 2 aromatic rings. The monoisotopic (exact) mass is 242 g/mol. The van der Waals surface area contributed by atoms with Gasteiger partial charge in [0.05, 0.1) is 0 Å². The summed E-state index contributed by atoms with van der Waals surface area (Å²) in [4.78, 5) is 3.84. The van der Waals surface area contributed by atoms with Crippen LogP contribution >= 0.6 is 0 Å². The van der Waals surface area contributed by atoms with Gasteiger partial charge in [0.15, 0.2) is 6.61 Å². The molecule has 90 valence electrons. The van der Waals surface area contributed by atoms with Crippen molar-refractivity contribution in [3.63, 3.8) is 0 Å². The zero-order valence-corrected chi connectivity index (χ0v) is 8.66. The van der Waals surface area contributed by atoms with E-state index >= 15 is 0 Å². The van der Waals surface area contributed by atoms with Crippen LogP contribution in [0.4, 0.5) is 18.9 Å². The van der Waals surface area contributed by atoms with E-state index in [1.54, 1.807) is 6.07 Å². The van der Waals surface area contributed by atoms with E-state index in [9.17, 15) is 13.2 Å². The van der Waals surface area contributed by atoms with Gasteiger partial charge in [0.1, 0.15) is 5.75 Å². The Balaban J connectivity index is 2.38. The zero-order valence-electron chi connectivity index (χ0n) is 8.66. The van der Waals surface area contributed by atoms with E-state index in [0.29, 0.717) is 16.5 Å². The van der Waals surface area contributed by atoms with Gasteiger partial charge >= 0.3 is 6.18 Å². The van der Waals surface area contributed by atoms with Crippen molar-refractivity contribution in [2.75, 3.05) is 12.3 Å². The number of hydrogen-bond acceptors (Lipinski definition) is 3. The second-order valence-electron chi connectivity index (χ2n) is 3.48. The Kier molecular flexibility index (Phi) is 2.79. The number of halogens is 3. The van der Waals surface area contributed by atoms with E-state index in [1.807, 2.05) is 0 Å². The lowest BCUT2D eigenvalue weighted by Gasteiger charge is -2.12. The summed E-state index contributed by atoms with van der Waals surface area (Å²) < 4.78 is 40.9. The van der Waals surface area contributed by atoms with Crippen LogP contribution in [0.25, 0.3) is 10.8 Å². The molecule has 1 heterocycles. The fraction of sp³-hybridized carbons (Fsp3) is 0.182. The highest BCUT2D eigenvalue weighted by Crippen LogP contribution is 2.30. The maximum atomic E-state index is 12.1.